The second kappa shape index (κ2) is 8.49. The smallest absolute Gasteiger partial charge is 0.338 e. The van der Waals surface area contributed by atoms with Gasteiger partial charge in [-0.3, -0.25) is 9.59 Å². The first kappa shape index (κ1) is 20.2. The topological polar surface area (TPSA) is 84.5 Å². The summed E-state index contributed by atoms with van der Waals surface area (Å²) in [5.41, 5.74) is 2.57. The lowest BCUT2D eigenvalue weighted by Gasteiger charge is -2.19. The Morgan fingerprint density at radius 2 is 1.59 bits per heavy atom. The van der Waals surface area contributed by atoms with Crippen molar-refractivity contribution in [2.24, 2.45) is 0 Å². The van der Waals surface area contributed by atoms with Crippen LogP contribution in [0.15, 0.2) is 48.5 Å². The van der Waals surface area contributed by atoms with Crippen molar-refractivity contribution in [1.29, 1.82) is 0 Å². The zero-order chi connectivity index (χ0) is 20.0. The Kier molecular flexibility index (Phi) is 6.34. The number of amides is 2. The van der Waals surface area contributed by atoms with Gasteiger partial charge in [-0.2, -0.15) is 0 Å². The molecule has 0 unspecified atom stereocenters. The minimum absolute atomic E-state index is 0.0316. The third kappa shape index (κ3) is 6.26. The first-order valence-electron chi connectivity index (χ1n) is 8.60. The minimum atomic E-state index is -0.638. The van der Waals surface area contributed by atoms with E-state index in [1.807, 2.05) is 24.3 Å². The molecule has 0 atom stereocenters. The highest BCUT2D eigenvalue weighted by atomic mass is 16.5. The highest BCUT2D eigenvalue weighted by molar-refractivity contribution is 5.96. The molecule has 2 amide bonds. The van der Waals surface area contributed by atoms with Crippen LogP contribution in [-0.4, -0.2) is 24.4 Å². The number of carbonyl (C=O) groups excluding carboxylic acids is 3. The van der Waals surface area contributed by atoms with Crippen LogP contribution in [0, 0.1) is 0 Å². The van der Waals surface area contributed by atoms with Crippen LogP contribution in [-0.2, 0) is 19.7 Å². The number of benzene rings is 2. The Morgan fingerprint density at radius 1 is 0.926 bits per heavy atom. The van der Waals surface area contributed by atoms with E-state index in [9.17, 15) is 14.4 Å². The van der Waals surface area contributed by atoms with Gasteiger partial charge in [0.05, 0.1) is 5.56 Å². The molecule has 2 N–H and O–H groups in total. The van der Waals surface area contributed by atoms with E-state index in [0.717, 1.165) is 5.56 Å². The fourth-order valence-corrected chi connectivity index (χ4v) is 2.39. The van der Waals surface area contributed by atoms with Crippen LogP contribution in [0.4, 0.5) is 11.4 Å². The largest absolute Gasteiger partial charge is 0.452 e. The molecule has 0 heterocycles. The fraction of sp³-hybridized carbons (Fsp3) is 0.286. The molecule has 6 heteroatoms. The number of nitrogens with one attached hydrogen (secondary N) is 2. The van der Waals surface area contributed by atoms with Crippen LogP contribution in [0.3, 0.4) is 0 Å². The van der Waals surface area contributed by atoms with Crippen LogP contribution in [0.25, 0.3) is 0 Å². The Balaban J connectivity index is 1.90. The molecule has 0 fully saturated rings. The molecule has 2 rings (SSSR count). The maximum absolute atomic E-state index is 12.1. The average Bonchev–Trinajstić information content (AvgIpc) is 2.59. The second-order valence-corrected chi connectivity index (χ2v) is 7.21. The number of carbonyl (C=O) groups is 3. The molecule has 27 heavy (non-hydrogen) atoms. The molecule has 0 saturated carbocycles. The van der Waals surface area contributed by atoms with E-state index in [1.54, 1.807) is 18.2 Å². The summed E-state index contributed by atoms with van der Waals surface area (Å²) in [5.74, 6) is -1.30. The van der Waals surface area contributed by atoms with Crippen molar-refractivity contribution in [1.82, 2.24) is 0 Å². The highest BCUT2D eigenvalue weighted by Gasteiger charge is 2.14. The molecule has 6 nitrogen and oxygen atoms in total. The summed E-state index contributed by atoms with van der Waals surface area (Å²) < 4.78 is 5.04. The Labute approximate surface area is 158 Å². The Morgan fingerprint density at radius 3 is 2.19 bits per heavy atom. The van der Waals surface area contributed by atoms with Gasteiger partial charge in [-0.15, -0.1) is 0 Å². The van der Waals surface area contributed by atoms with Crippen molar-refractivity contribution in [3.63, 3.8) is 0 Å². The van der Waals surface area contributed by atoms with Gasteiger partial charge in [-0.25, -0.2) is 4.79 Å². The molecule has 142 valence electrons. The van der Waals surface area contributed by atoms with Crippen LogP contribution < -0.4 is 10.6 Å². The SMILES string of the molecule is CC(=O)Nc1cccc(C(=O)OCC(=O)Nc2ccc(C(C)(C)C)cc2)c1. The summed E-state index contributed by atoms with van der Waals surface area (Å²) in [5, 5.41) is 5.28. The normalized spacial score (nSPS) is 10.8. The lowest BCUT2D eigenvalue weighted by atomic mass is 9.87. The zero-order valence-electron chi connectivity index (χ0n) is 16.0. The van der Waals surface area contributed by atoms with Crippen molar-refractivity contribution < 1.29 is 19.1 Å². The fourth-order valence-electron chi connectivity index (χ4n) is 2.39. The van der Waals surface area contributed by atoms with Crippen molar-refractivity contribution in [2.75, 3.05) is 17.2 Å². The monoisotopic (exact) mass is 368 g/mol. The number of anilines is 2. The molecule has 0 aliphatic carbocycles. The van der Waals surface area contributed by atoms with E-state index >= 15 is 0 Å². The van der Waals surface area contributed by atoms with Crippen LogP contribution in [0.5, 0.6) is 0 Å². The van der Waals surface area contributed by atoms with Crippen LogP contribution in [0.1, 0.15) is 43.6 Å². The number of hydrogen-bond acceptors (Lipinski definition) is 4. The van der Waals surface area contributed by atoms with Gasteiger partial charge in [0, 0.05) is 18.3 Å². The minimum Gasteiger partial charge on any atom is -0.452 e. The predicted octanol–water partition coefficient (Wildman–Crippen LogP) is 3.74. The molecule has 2 aromatic rings. The zero-order valence-corrected chi connectivity index (χ0v) is 16.0. The van der Waals surface area contributed by atoms with Crippen molar-refractivity contribution in [3.05, 3.63) is 59.7 Å². The molecule has 0 bridgehead atoms. The summed E-state index contributed by atoms with van der Waals surface area (Å²) in [7, 11) is 0. The third-order valence-corrected chi connectivity index (χ3v) is 3.79. The van der Waals surface area contributed by atoms with Crippen molar-refractivity contribution in [2.45, 2.75) is 33.1 Å². The molecule has 0 spiro atoms. The molecule has 0 radical (unpaired) electrons. The maximum atomic E-state index is 12.1. The summed E-state index contributed by atoms with van der Waals surface area (Å²) >= 11 is 0. The van der Waals surface area contributed by atoms with E-state index in [0.29, 0.717) is 11.4 Å². The highest BCUT2D eigenvalue weighted by Crippen LogP contribution is 2.23. The first-order chi connectivity index (χ1) is 12.6. The van der Waals surface area contributed by atoms with Gasteiger partial charge in [0.15, 0.2) is 6.61 Å². The summed E-state index contributed by atoms with van der Waals surface area (Å²) in [6.45, 7) is 7.32. The van der Waals surface area contributed by atoms with Crippen molar-refractivity contribution >= 4 is 29.2 Å². The average molecular weight is 368 g/mol. The number of hydrogen-bond donors (Lipinski definition) is 2. The standard InChI is InChI=1S/C21H24N2O4/c1-14(24)22-18-7-5-6-15(12-18)20(26)27-13-19(25)23-17-10-8-16(9-11-17)21(2,3)4/h5-12H,13H2,1-4H3,(H,22,24)(H,23,25). The van der Waals surface area contributed by atoms with Gasteiger partial charge in [-0.05, 0) is 41.3 Å². The van der Waals surface area contributed by atoms with Gasteiger partial charge in [0.1, 0.15) is 0 Å². The van der Waals surface area contributed by atoms with E-state index in [2.05, 4.69) is 31.4 Å². The molecule has 0 aromatic heterocycles. The molecule has 0 saturated heterocycles. The van der Waals surface area contributed by atoms with Gasteiger partial charge in [-0.1, -0.05) is 39.0 Å². The van der Waals surface area contributed by atoms with Gasteiger partial charge < -0.3 is 15.4 Å². The molecular formula is C21H24N2O4. The molecule has 0 aliphatic heterocycles. The molecule has 0 aliphatic rings. The second-order valence-electron chi connectivity index (χ2n) is 7.21. The first-order valence-corrected chi connectivity index (χ1v) is 8.60. The summed E-state index contributed by atoms with van der Waals surface area (Å²) in [6, 6.07) is 13.9. The molecular weight excluding hydrogens is 344 g/mol. The number of rotatable bonds is 5. The van der Waals surface area contributed by atoms with Crippen LogP contribution in [0.2, 0.25) is 0 Å². The number of esters is 1. The Bertz CT molecular complexity index is 836. The Hall–Kier alpha value is -3.15. The van der Waals surface area contributed by atoms with E-state index in [4.69, 9.17) is 4.74 Å². The summed E-state index contributed by atoms with van der Waals surface area (Å²) in [4.78, 5) is 35.2. The van der Waals surface area contributed by atoms with Crippen molar-refractivity contribution in [3.8, 4) is 0 Å². The summed E-state index contributed by atoms with van der Waals surface area (Å²) in [6.07, 6.45) is 0. The third-order valence-electron chi connectivity index (χ3n) is 3.79. The van der Waals surface area contributed by atoms with Gasteiger partial charge >= 0.3 is 5.97 Å². The predicted molar refractivity (Wildman–Crippen MR) is 105 cm³/mol. The van der Waals surface area contributed by atoms with E-state index in [-0.39, 0.29) is 16.9 Å². The lowest BCUT2D eigenvalue weighted by Crippen LogP contribution is -2.21. The van der Waals surface area contributed by atoms with Gasteiger partial charge in [0.2, 0.25) is 5.91 Å². The quantitative estimate of drug-likeness (QED) is 0.788. The van der Waals surface area contributed by atoms with Crippen LogP contribution >= 0.6 is 0 Å². The molecule has 2 aromatic carbocycles. The van der Waals surface area contributed by atoms with E-state index in [1.165, 1.54) is 13.0 Å². The lowest BCUT2D eigenvalue weighted by molar-refractivity contribution is -0.119. The maximum Gasteiger partial charge on any atom is 0.338 e. The number of ether oxygens (including phenoxy) is 1. The van der Waals surface area contributed by atoms with E-state index < -0.39 is 18.5 Å². The van der Waals surface area contributed by atoms with Gasteiger partial charge in [0.25, 0.3) is 5.91 Å².